The van der Waals surface area contributed by atoms with Gasteiger partial charge in [-0.15, -0.1) is 4.91 Å². The lowest BCUT2D eigenvalue weighted by molar-refractivity contribution is -0.761. The van der Waals surface area contributed by atoms with Crippen molar-refractivity contribution in [2.24, 2.45) is 4.58 Å². The van der Waals surface area contributed by atoms with Crippen LogP contribution in [0.1, 0.15) is 26.2 Å². The number of carbonyl (C=O) groups excluding carboxylic acids is 1. The van der Waals surface area contributed by atoms with E-state index in [1.165, 1.54) is 23.6 Å². The summed E-state index contributed by atoms with van der Waals surface area (Å²) in [4.78, 5) is 18.7. The molecule has 0 unspecified atom stereocenters. The molecule has 1 aliphatic heterocycles. The minimum atomic E-state index is -1.08. The number of hydrogen-bond donors (Lipinski definition) is 1. The van der Waals surface area contributed by atoms with Crippen LogP contribution < -0.4 is 9.41 Å². The first-order valence-corrected chi connectivity index (χ1v) is 4.96. The molecule has 76 valence electrons. The zero-order valence-electron chi connectivity index (χ0n) is 7.62. The number of carbonyl (C=O) groups is 1. The molecule has 1 aliphatic rings. The van der Waals surface area contributed by atoms with Crippen LogP contribution in [0.25, 0.3) is 0 Å². The molecule has 1 heterocycles. The van der Waals surface area contributed by atoms with Gasteiger partial charge in [0.2, 0.25) is 0 Å². The first kappa shape index (κ1) is 12.4. The zero-order chi connectivity index (χ0) is 10.1. The van der Waals surface area contributed by atoms with E-state index in [1.54, 1.807) is 0 Å². The Balaban J connectivity index is 0.000000310. The van der Waals surface area contributed by atoms with E-state index in [0.717, 1.165) is 32.1 Å². The van der Waals surface area contributed by atoms with Crippen molar-refractivity contribution >= 4 is 18.1 Å². The molecule has 0 spiro atoms. The number of quaternary nitrogens is 1. The highest BCUT2D eigenvalue weighted by Crippen LogP contribution is 1.98. The summed E-state index contributed by atoms with van der Waals surface area (Å²) in [6, 6.07) is 0. The van der Waals surface area contributed by atoms with E-state index in [0.29, 0.717) is 0 Å². The van der Waals surface area contributed by atoms with E-state index in [-0.39, 0.29) is 0 Å². The van der Waals surface area contributed by atoms with Gasteiger partial charge in [-0.1, -0.05) is 0 Å². The molecular formula is C7H14N2O3S. The number of carboxylic acid groups (broad SMARTS) is 1. The molecule has 0 aromatic rings. The fraction of sp³-hybridized carbons (Fsp3) is 0.857. The van der Waals surface area contributed by atoms with Gasteiger partial charge in [-0.25, -0.2) is 4.31 Å². The van der Waals surface area contributed by atoms with E-state index < -0.39 is 5.97 Å². The third-order valence-electron chi connectivity index (χ3n) is 1.58. The van der Waals surface area contributed by atoms with Crippen LogP contribution in [0.15, 0.2) is 4.58 Å². The molecule has 5 nitrogen and oxygen atoms in total. The van der Waals surface area contributed by atoms with Crippen molar-refractivity contribution in [1.29, 1.82) is 0 Å². The third-order valence-corrected chi connectivity index (χ3v) is 2.32. The van der Waals surface area contributed by atoms with Gasteiger partial charge in [0, 0.05) is 5.97 Å². The van der Waals surface area contributed by atoms with Gasteiger partial charge in [-0.3, -0.25) is 0 Å². The second-order valence-corrected chi connectivity index (χ2v) is 3.67. The van der Waals surface area contributed by atoms with Crippen LogP contribution in [-0.2, 0) is 4.79 Å². The molecule has 0 radical (unpaired) electrons. The Kier molecular flexibility index (Phi) is 7.62. The highest BCUT2D eigenvalue weighted by molar-refractivity contribution is 7.91. The van der Waals surface area contributed by atoms with E-state index in [9.17, 15) is 4.91 Å². The number of hydrogen-bond acceptors (Lipinski definition) is 5. The maximum Gasteiger partial charge on any atom is 0.262 e. The normalized spacial score (nSPS) is 17.0. The van der Waals surface area contributed by atoms with E-state index in [2.05, 4.69) is 4.58 Å². The van der Waals surface area contributed by atoms with Crippen LogP contribution >= 0.6 is 12.1 Å². The summed E-state index contributed by atoms with van der Waals surface area (Å²) in [6.07, 6.45) is 3.82. The Morgan fingerprint density at radius 3 is 2.23 bits per heavy atom. The monoisotopic (exact) mass is 206 g/mol. The summed E-state index contributed by atoms with van der Waals surface area (Å²) < 4.78 is 4.06. The molecule has 1 fully saturated rings. The van der Waals surface area contributed by atoms with Crippen LogP contribution in [0.3, 0.4) is 0 Å². The number of piperidine rings is 1. The highest BCUT2D eigenvalue weighted by atomic mass is 32.2. The van der Waals surface area contributed by atoms with Crippen molar-refractivity contribution in [2.45, 2.75) is 26.2 Å². The van der Waals surface area contributed by atoms with Crippen molar-refractivity contribution in [1.82, 2.24) is 0 Å². The van der Waals surface area contributed by atoms with Crippen molar-refractivity contribution < 1.29 is 14.2 Å². The molecule has 0 atom stereocenters. The Morgan fingerprint density at radius 2 is 1.85 bits per heavy atom. The maximum absolute atomic E-state index is 9.77. The van der Waals surface area contributed by atoms with Crippen LogP contribution in [-0.4, -0.2) is 19.1 Å². The smallest absolute Gasteiger partial charge is 0.262 e. The zero-order valence-corrected chi connectivity index (χ0v) is 8.43. The quantitative estimate of drug-likeness (QED) is 0.471. The topological polar surface area (TPSA) is 74.0 Å². The molecule has 1 rings (SSSR count). The lowest BCUT2D eigenvalue weighted by atomic mass is 10.2. The lowest BCUT2D eigenvalue weighted by Gasteiger charge is -2.16. The number of rotatable bonds is 2. The van der Waals surface area contributed by atoms with Crippen molar-refractivity contribution in [3.63, 3.8) is 0 Å². The Labute approximate surface area is 81.7 Å². The summed E-state index contributed by atoms with van der Waals surface area (Å²) in [5.74, 6) is -1.08. The second kappa shape index (κ2) is 8.00. The van der Waals surface area contributed by atoms with E-state index >= 15 is 0 Å². The van der Waals surface area contributed by atoms with Gasteiger partial charge < -0.3 is 9.90 Å². The van der Waals surface area contributed by atoms with Gasteiger partial charge in [-0.05, 0) is 26.2 Å². The average molecular weight is 206 g/mol. The summed E-state index contributed by atoms with van der Waals surface area (Å²) in [5.41, 5.74) is 0. The summed E-state index contributed by atoms with van der Waals surface area (Å²) in [6.45, 7) is 3.19. The molecule has 0 aromatic heterocycles. The first-order chi connectivity index (χ1) is 6.16. The van der Waals surface area contributed by atoms with Crippen molar-refractivity contribution in [2.75, 3.05) is 13.1 Å². The summed E-state index contributed by atoms with van der Waals surface area (Å²) >= 11 is 1.14. The maximum atomic E-state index is 9.77. The predicted molar refractivity (Wildman–Crippen MR) is 48.6 cm³/mol. The molecule has 0 amide bonds. The van der Waals surface area contributed by atoms with Gasteiger partial charge in [-0.2, -0.15) is 0 Å². The molecule has 1 saturated heterocycles. The van der Waals surface area contributed by atoms with Gasteiger partial charge in [0.1, 0.15) is 0 Å². The minimum absolute atomic E-state index is 0.972. The average Bonchev–Trinajstić information content (AvgIpc) is 2.06. The minimum Gasteiger partial charge on any atom is -0.550 e. The molecule has 6 heteroatoms. The van der Waals surface area contributed by atoms with Gasteiger partial charge in [0.15, 0.2) is 0 Å². The Bertz CT molecular complexity index is 156. The van der Waals surface area contributed by atoms with Crippen LogP contribution in [0.5, 0.6) is 0 Å². The van der Waals surface area contributed by atoms with Gasteiger partial charge >= 0.3 is 0 Å². The SMILES string of the molecule is CC(=O)[O-].O=NS[NH+]1CCCCC1. The Morgan fingerprint density at radius 1 is 1.38 bits per heavy atom. The van der Waals surface area contributed by atoms with E-state index in [1.807, 2.05) is 0 Å². The fourth-order valence-electron chi connectivity index (χ4n) is 1.09. The first-order valence-electron chi connectivity index (χ1n) is 4.18. The van der Waals surface area contributed by atoms with Crippen molar-refractivity contribution in [3.05, 3.63) is 4.91 Å². The van der Waals surface area contributed by atoms with Crippen LogP contribution in [0.2, 0.25) is 0 Å². The second-order valence-electron chi connectivity index (χ2n) is 2.76. The molecule has 0 aromatic carbocycles. The predicted octanol–water partition coefficient (Wildman–Crippen LogP) is -0.859. The lowest BCUT2D eigenvalue weighted by Crippen LogP contribution is -3.06. The van der Waals surface area contributed by atoms with E-state index in [4.69, 9.17) is 9.90 Å². The summed E-state index contributed by atoms with van der Waals surface area (Å²) in [7, 11) is 0. The molecule has 1 N–H and O–H groups in total. The van der Waals surface area contributed by atoms with Gasteiger partial charge in [0.25, 0.3) is 12.1 Å². The number of nitroso groups, excluding NO2 is 1. The fourth-order valence-corrected chi connectivity index (χ4v) is 1.67. The number of aliphatic carboxylic acids is 1. The number of nitrogens with zero attached hydrogens (tertiary/aromatic N) is 1. The summed E-state index contributed by atoms with van der Waals surface area (Å²) in [5, 5.41) is 8.89. The Hall–Kier alpha value is -0.620. The number of carboxylic acids is 1. The highest BCUT2D eigenvalue weighted by Gasteiger charge is 2.14. The third kappa shape index (κ3) is 9.29. The van der Waals surface area contributed by atoms with Crippen molar-refractivity contribution in [3.8, 4) is 0 Å². The molecule has 0 aliphatic carbocycles. The van der Waals surface area contributed by atoms with Gasteiger partial charge in [0.05, 0.1) is 17.7 Å². The molecule has 0 bridgehead atoms. The van der Waals surface area contributed by atoms with Crippen LogP contribution in [0, 0.1) is 4.91 Å². The molecular weight excluding hydrogens is 192 g/mol. The van der Waals surface area contributed by atoms with Crippen LogP contribution in [0.4, 0.5) is 0 Å². The number of nitrogens with one attached hydrogen (secondary N) is 1. The molecule has 0 saturated carbocycles. The standard InChI is InChI=1S/C5H10N2OS.C2H4O2/c8-6-9-7-4-2-1-3-5-7;1-2(3)4/h1-5H2;1H3,(H,3,4). The molecule has 13 heavy (non-hydrogen) atoms. The largest absolute Gasteiger partial charge is 0.550 e.